The maximum Gasteiger partial charge on any atom is 0.416 e. The van der Waals surface area contributed by atoms with Crippen LogP contribution in [-0.2, 0) is 10.9 Å². The number of benzene rings is 1. The molecule has 2 unspecified atom stereocenters. The lowest BCUT2D eigenvalue weighted by molar-refractivity contribution is -0.242. The van der Waals surface area contributed by atoms with Gasteiger partial charge >= 0.3 is 12.1 Å². The highest BCUT2D eigenvalue weighted by molar-refractivity contribution is 5.90. The molecule has 5 atom stereocenters. The first-order valence-corrected chi connectivity index (χ1v) is 9.64. The summed E-state index contributed by atoms with van der Waals surface area (Å²) in [6.45, 7) is 4.23. The van der Waals surface area contributed by atoms with Crippen LogP contribution in [0.4, 0.5) is 13.2 Å². The van der Waals surface area contributed by atoms with Crippen LogP contribution in [-0.4, -0.2) is 79.9 Å². The van der Waals surface area contributed by atoms with Crippen molar-refractivity contribution in [3.8, 4) is 0 Å². The van der Waals surface area contributed by atoms with E-state index in [1.165, 1.54) is 11.8 Å². The fourth-order valence-electron chi connectivity index (χ4n) is 4.79. The number of esters is 1. The van der Waals surface area contributed by atoms with Crippen LogP contribution in [0.1, 0.15) is 22.8 Å². The molecule has 0 bridgehead atoms. The van der Waals surface area contributed by atoms with Gasteiger partial charge in [-0.1, -0.05) is 12.6 Å². The van der Waals surface area contributed by atoms with Crippen molar-refractivity contribution in [2.24, 2.45) is 0 Å². The van der Waals surface area contributed by atoms with Crippen LogP contribution in [0.15, 0.2) is 36.7 Å². The van der Waals surface area contributed by atoms with Crippen molar-refractivity contribution in [2.75, 3.05) is 13.2 Å². The van der Waals surface area contributed by atoms with Crippen molar-refractivity contribution >= 4 is 11.9 Å². The smallest absolute Gasteiger partial charge is 0.416 e. The first kappa shape index (κ1) is 22.2. The quantitative estimate of drug-likeness (QED) is 0.347. The summed E-state index contributed by atoms with van der Waals surface area (Å²) >= 11 is 0. The third kappa shape index (κ3) is 2.84. The van der Waals surface area contributed by atoms with Crippen molar-refractivity contribution < 1.29 is 38.1 Å². The number of ether oxygens (including phenoxy) is 1. The van der Waals surface area contributed by atoms with Gasteiger partial charge in [0.25, 0.3) is 0 Å². The van der Waals surface area contributed by atoms with Gasteiger partial charge in [-0.05, 0) is 25.1 Å². The molecule has 13 heteroatoms. The van der Waals surface area contributed by atoms with Gasteiger partial charge in [-0.2, -0.15) is 13.2 Å². The van der Waals surface area contributed by atoms with E-state index in [0.29, 0.717) is 11.1 Å². The minimum Gasteiger partial charge on any atom is -0.454 e. The Hall–Kier alpha value is -3.03. The third-order valence-electron chi connectivity index (χ3n) is 6.33. The second kappa shape index (κ2) is 6.98. The lowest BCUT2D eigenvalue weighted by Gasteiger charge is -2.53. The van der Waals surface area contributed by atoms with Crippen LogP contribution >= 0.6 is 0 Å². The number of guanidine groups is 1. The van der Waals surface area contributed by atoms with E-state index in [0.717, 1.165) is 18.2 Å². The standard InChI is InChI=1S/C19H22F3N5O5/c1-9-24-14-12(8-28)25-16(23)26-7-13(17(2,30)18(14,26)27(9)31)32-15(29)10-4-3-5-11(6-10)19(20,21)22/h3-6,12-14,24,28,30-31H,1,7-8H2,2H3,(H2,23,25)/t12-,13-,14?,17-,18?/m0/s1. The number of aliphatic hydroxyl groups excluding tert-OH is 1. The SMILES string of the molecule is C=C1NC2[C@H](CO)NC(=N)N3C[C@H](OC(=O)c4cccc(C(F)(F)F)c4)[C@](C)(O)C23N1O. The average Bonchev–Trinajstić information content (AvgIpc) is 3.13. The van der Waals surface area contributed by atoms with Gasteiger partial charge in [0.15, 0.2) is 17.7 Å². The molecule has 32 heavy (non-hydrogen) atoms. The number of nitrogens with zero attached hydrogens (tertiary/aromatic N) is 2. The number of aliphatic hydroxyl groups is 2. The van der Waals surface area contributed by atoms with E-state index >= 15 is 0 Å². The molecule has 4 rings (SSSR count). The van der Waals surface area contributed by atoms with Gasteiger partial charge in [0, 0.05) is 0 Å². The predicted octanol–water partition coefficient (Wildman–Crippen LogP) is 0.0268. The molecule has 0 aromatic heterocycles. The van der Waals surface area contributed by atoms with E-state index in [2.05, 4.69) is 17.2 Å². The zero-order chi connectivity index (χ0) is 23.6. The molecule has 0 radical (unpaired) electrons. The van der Waals surface area contributed by atoms with Gasteiger partial charge in [-0.3, -0.25) is 10.6 Å². The normalized spacial score (nSPS) is 34.0. The number of halogens is 3. The molecule has 3 heterocycles. The van der Waals surface area contributed by atoms with E-state index in [1.54, 1.807) is 0 Å². The average molecular weight is 457 g/mol. The minimum atomic E-state index is -4.66. The Bertz CT molecular complexity index is 986. The number of carbonyl (C=O) groups excluding carboxylic acids is 1. The number of rotatable bonds is 3. The molecule has 1 spiro atoms. The summed E-state index contributed by atoms with van der Waals surface area (Å²) in [5.74, 6) is -1.38. The number of carbonyl (C=O) groups is 1. The summed E-state index contributed by atoms with van der Waals surface area (Å²) in [5.41, 5.74) is -5.22. The number of hydrogen-bond acceptors (Lipinski definition) is 8. The summed E-state index contributed by atoms with van der Waals surface area (Å²) < 4.78 is 44.4. The molecule has 0 amide bonds. The van der Waals surface area contributed by atoms with Crippen LogP contribution < -0.4 is 10.6 Å². The molecular weight excluding hydrogens is 435 g/mol. The molecule has 10 nitrogen and oxygen atoms in total. The number of hydroxylamine groups is 2. The second-order valence-electron chi connectivity index (χ2n) is 8.12. The monoisotopic (exact) mass is 457 g/mol. The Morgan fingerprint density at radius 1 is 1.41 bits per heavy atom. The number of alkyl halides is 3. The predicted molar refractivity (Wildman–Crippen MR) is 102 cm³/mol. The molecular formula is C19H22F3N5O5. The molecule has 3 saturated heterocycles. The lowest BCUT2D eigenvalue weighted by atomic mass is 9.79. The fraction of sp³-hybridized carbons (Fsp3) is 0.474. The largest absolute Gasteiger partial charge is 0.454 e. The molecule has 174 valence electrons. The van der Waals surface area contributed by atoms with Gasteiger partial charge in [-0.25, -0.2) is 9.86 Å². The van der Waals surface area contributed by atoms with Crippen LogP contribution in [0.2, 0.25) is 0 Å². The summed E-state index contributed by atoms with van der Waals surface area (Å²) in [6.07, 6.45) is -6.01. The Balaban J connectivity index is 1.69. The van der Waals surface area contributed by atoms with Crippen LogP contribution in [0.3, 0.4) is 0 Å². The number of nitrogens with one attached hydrogen (secondary N) is 3. The zero-order valence-electron chi connectivity index (χ0n) is 16.8. The van der Waals surface area contributed by atoms with Crippen molar-refractivity contribution in [2.45, 2.75) is 42.6 Å². The molecule has 1 aromatic rings. The van der Waals surface area contributed by atoms with Crippen molar-refractivity contribution in [1.82, 2.24) is 20.6 Å². The van der Waals surface area contributed by atoms with Gasteiger partial charge < -0.3 is 30.5 Å². The highest BCUT2D eigenvalue weighted by atomic mass is 19.4. The topological polar surface area (TPSA) is 141 Å². The maximum atomic E-state index is 13.0. The van der Waals surface area contributed by atoms with Crippen molar-refractivity contribution in [3.05, 3.63) is 47.8 Å². The molecule has 0 saturated carbocycles. The maximum absolute atomic E-state index is 13.0. The van der Waals surface area contributed by atoms with Gasteiger partial charge in [0.2, 0.25) is 0 Å². The van der Waals surface area contributed by atoms with E-state index < -0.39 is 53.8 Å². The fourth-order valence-corrected chi connectivity index (χ4v) is 4.79. The van der Waals surface area contributed by atoms with Crippen LogP contribution in [0.25, 0.3) is 0 Å². The van der Waals surface area contributed by atoms with Gasteiger partial charge in [-0.15, -0.1) is 0 Å². The molecule has 6 N–H and O–H groups in total. The minimum absolute atomic E-state index is 0.0138. The molecule has 0 aliphatic carbocycles. The third-order valence-corrected chi connectivity index (χ3v) is 6.33. The zero-order valence-corrected chi connectivity index (χ0v) is 16.8. The van der Waals surface area contributed by atoms with E-state index in [9.17, 15) is 33.4 Å². The first-order valence-electron chi connectivity index (χ1n) is 9.64. The highest BCUT2D eigenvalue weighted by Crippen LogP contribution is 2.50. The van der Waals surface area contributed by atoms with E-state index in [1.807, 2.05) is 0 Å². The van der Waals surface area contributed by atoms with Gasteiger partial charge in [0.1, 0.15) is 11.4 Å². The Morgan fingerprint density at radius 3 is 2.72 bits per heavy atom. The molecule has 1 aromatic carbocycles. The van der Waals surface area contributed by atoms with Crippen LogP contribution in [0.5, 0.6) is 0 Å². The van der Waals surface area contributed by atoms with Crippen molar-refractivity contribution in [1.29, 1.82) is 5.41 Å². The number of hydrogen-bond donors (Lipinski definition) is 6. The van der Waals surface area contributed by atoms with Crippen LogP contribution in [0, 0.1) is 5.41 Å². The Kier molecular flexibility index (Phi) is 4.84. The molecule has 3 aliphatic heterocycles. The highest BCUT2D eigenvalue weighted by Gasteiger charge is 2.76. The summed E-state index contributed by atoms with van der Waals surface area (Å²) in [7, 11) is 0. The van der Waals surface area contributed by atoms with Gasteiger partial charge in [0.05, 0.1) is 36.4 Å². The summed E-state index contributed by atoms with van der Waals surface area (Å²) in [6, 6.07) is 1.98. The van der Waals surface area contributed by atoms with Crippen molar-refractivity contribution in [3.63, 3.8) is 0 Å². The summed E-state index contributed by atoms with van der Waals surface area (Å²) in [4.78, 5) is 13.9. The Morgan fingerprint density at radius 2 is 2.09 bits per heavy atom. The van der Waals surface area contributed by atoms with E-state index in [-0.39, 0.29) is 23.9 Å². The second-order valence-corrected chi connectivity index (χ2v) is 8.12. The summed E-state index contributed by atoms with van der Waals surface area (Å²) in [5, 5.41) is 46.6. The Labute approximate surface area is 180 Å². The lowest BCUT2D eigenvalue weighted by Crippen LogP contribution is -2.80. The molecule has 3 aliphatic rings. The molecule has 3 fully saturated rings. The first-order chi connectivity index (χ1) is 14.9. The van der Waals surface area contributed by atoms with E-state index in [4.69, 9.17) is 10.1 Å².